The van der Waals surface area contributed by atoms with Gasteiger partial charge in [-0.15, -0.1) is 0 Å². The molecule has 204 valence electrons. The third kappa shape index (κ3) is 5.72. The number of carbonyl (C=O) groups is 2. The zero-order valence-corrected chi connectivity index (χ0v) is 24.0. The van der Waals surface area contributed by atoms with Crippen molar-refractivity contribution in [1.29, 1.82) is 5.26 Å². The molecule has 2 fully saturated rings. The van der Waals surface area contributed by atoms with Crippen LogP contribution in [0, 0.1) is 24.2 Å². The summed E-state index contributed by atoms with van der Waals surface area (Å²) in [5.74, 6) is 0.693. The topological polar surface area (TPSA) is 105 Å². The lowest BCUT2D eigenvalue weighted by molar-refractivity contribution is -0.148. The molecule has 1 aromatic heterocycles. The zero-order chi connectivity index (χ0) is 28.3. The molecule has 1 aromatic carbocycles. The number of benzene rings is 1. The van der Waals surface area contributed by atoms with E-state index in [-0.39, 0.29) is 23.4 Å². The lowest BCUT2D eigenvalue weighted by Crippen LogP contribution is -2.40. The van der Waals surface area contributed by atoms with E-state index in [1.165, 1.54) is 16.3 Å². The van der Waals surface area contributed by atoms with Crippen LogP contribution in [0.1, 0.15) is 42.0 Å². The zero-order valence-electron chi connectivity index (χ0n) is 22.4. The van der Waals surface area contributed by atoms with Crippen LogP contribution in [0.25, 0.3) is 6.08 Å². The number of methoxy groups -OCH3 is 1. The minimum Gasteiger partial charge on any atom is -0.497 e. The average Bonchev–Trinajstić information content (AvgIpc) is 3.20. The Bertz CT molecular complexity index is 1430. The second-order valence-corrected chi connectivity index (χ2v) is 11.0. The van der Waals surface area contributed by atoms with Gasteiger partial charge in [0.15, 0.2) is 0 Å². The number of amides is 1. The SMILES string of the molecule is CCOC(=O)C1CCN(c2c(C=C3SC(=S)N(Cc4ccc(OC)cc4)C3=O)c(C)c(C#N)c(=O)n2C)CC1. The van der Waals surface area contributed by atoms with Crippen molar-refractivity contribution in [2.45, 2.75) is 33.2 Å². The molecular formula is C28H30N4O5S2. The van der Waals surface area contributed by atoms with Crippen LogP contribution in [-0.2, 0) is 27.9 Å². The van der Waals surface area contributed by atoms with E-state index in [1.54, 1.807) is 39.0 Å². The van der Waals surface area contributed by atoms with Crippen LogP contribution in [-0.4, -0.2) is 52.5 Å². The molecule has 0 unspecified atom stereocenters. The van der Waals surface area contributed by atoms with Gasteiger partial charge in [-0.25, -0.2) is 0 Å². The first-order valence-corrected chi connectivity index (χ1v) is 13.9. The second kappa shape index (κ2) is 12.1. The number of anilines is 1. The average molecular weight is 567 g/mol. The summed E-state index contributed by atoms with van der Waals surface area (Å²) in [7, 11) is 3.22. The Balaban J connectivity index is 1.68. The molecule has 39 heavy (non-hydrogen) atoms. The summed E-state index contributed by atoms with van der Waals surface area (Å²) in [4.78, 5) is 42.8. The van der Waals surface area contributed by atoms with E-state index in [0.29, 0.717) is 65.3 Å². The highest BCUT2D eigenvalue weighted by molar-refractivity contribution is 8.26. The first-order chi connectivity index (χ1) is 18.7. The fourth-order valence-corrected chi connectivity index (χ4v) is 6.10. The summed E-state index contributed by atoms with van der Waals surface area (Å²) in [5.41, 5.74) is 1.66. The van der Waals surface area contributed by atoms with Crippen molar-refractivity contribution in [3.05, 3.63) is 61.8 Å². The lowest BCUT2D eigenvalue weighted by atomic mass is 9.95. The molecule has 2 aromatic rings. The molecule has 3 heterocycles. The first kappa shape index (κ1) is 28.4. The number of carbonyl (C=O) groups excluding carboxylic acids is 2. The predicted octanol–water partition coefficient (Wildman–Crippen LogP) is 3.75. The highest BCUT2D eigenvalue weighted by Gasteiger charge is 2.34. The third-order valence-electron chi connectivity index (χ3n) is 7.03. The van der Waals surface area contributed by atoms with E-state index in [2.05, 4.69) is 0 Å². The number of nitriles is 1. The Hall–Kier alpha value is -3.62. The van der Waals surface area contributed by atoms with Gasteiger partial charge in [0.2, 0.25) is 0 Å². The molecule has 0 saturated carbocycles. The van der Waals surface area contributed by atoms with Gasteiger partial charge in [0, 0.05) is 25.7 Å². The minimum atomic E-state index is -0.401. The summed E-state index contributed by atoms with van der Waals surface area (Å²) in [6.07, 6.45) is 2.89. The van der Waals surface area contributed by atoms with Crippen molar-refractivity contribution in [3.63, 3.8) is 0 Å². The van der Waals surface area contributed by atoms with Crippen LogP contribution in [0.3, 0.4) is 0 Å². The van der Waals surface area contributed by atoms with Gasteiger partial charge < -0.3 is 14.4 Å². The molecular weight excluding hydrogens is 536 g/mol. The number of hydrogen-bond donors (Lipinski definition) is 0. The van der Waals surface area contributed by atoms with Gasteiger partial charge in [0.1, 0.15) is 27.5 Å². The number of thioether (sulfide) groups is 1. The third-order valence-corrected chi connectivity index (χ3v) is 8.41. The maximum atomic E-state index is 13.5. The van der Waals surface area contributed by atoms with E-state index < -0.39 is 5.56 Å². The Morgan fingerprint density at radius 1 is 1.23 bits per heavy atom. The van der Waals surface area contributed by atoms with Crippen molar-refractivity contribution >= 4 is 52.1 Å². The number of pyridine rings is 1. The lowest BCUT2D eigenvalue weighted by Gasteiger charge is -2.35. The Labute approximate surface area is 237 Å². The van der Waals surface area contributed by atoms with E-state index in [1.807, 2.05) is 35.2 Å². The second-order valence-electron chi connectivity index (χ2n) is 9.34. The molecule has 0 spiro atoms. The molecule has 0 bridgehead atoms. The van der Waals surface area contributed by atoms with Gasteiger partial charge in [-0.05, 0) is 56.0 Å². The quantitative estimate of drug-likeness (QED) is 0.281. The highest BCUT2D eigenvalue weighted by atomic mass is 32.2. The molecule has 1 amide bonds. The molecule has 2 saturated heterocycles. The number of piperidine rings is 1. The molecule has 0 N–H and O–H groups in total. The Morgan fingerprint density at radius 2 is 1.90 bits per heavy atom. The van der Waals surface area contributed by atoms with Crippen LogP contribution in [0.5, 0.6) is 5.75 Å². The standard InChI is InChI=1S/C28H30N4O5S2/c1-5-37-27(35)19-10-12-31(13-11-19)24-21(17(2)22(15-29)25(33)30(24)3)14-23-26(34)32(28(38)39-23)16-18-6-8-20(36-4)9-7-18/h6-9,14,19H,5,10-13,16H2,1-4H3. The Kier molecular flexibility index (Phi) is 8.77. The molecule has 11 heteroatoms. The molecule has 2 aliphatic rings. The predicted molar refractivity (Wildman–Crippen MR) is 154 cm³/mol. The fraction of sp³-hybridized carbons (Fsp3) is 0.393. The van der Waals surface area contributed by atoms with Gasteiger partial charge in [0.05, 0.1) is 31.1 Å². The molecule has 0 atom stereocenters. The number of ether oxygens (including phenoxy) is 2. The molecule has 2 aliphatic heterocycles. The summed E-state index contributed by atoms with van der Waals surface area (Å²) < 4.78 is 12.3. The van der Waals surface area contributed by atoms with Crippen LogP contribution < -0.4 is 15.2 Å². The Morgan fingerprint density at radius 3 is 2.49 bits per heavy atom. The number of hydrogen-bond acceptors (Lipinski definition) is 9. The van der Waals surface area contributed by atoms with Crippen molar-refractivity contribution in [2.75, 3.05) is 31.7 Å². The number of rotatable bonds is 7. The molecule has 0 radical (unpaired) electrons. The van der Waals surface area contributed by atoms with Gasteiger partial charge in [-0.2, -0.15) is 5.26 Å². The fourth-order valence-electron chi connectivity index (χ4n) is 4.86. The van der Waals surface area contributed by atoms with Crippen LogP contribution >= 0.6 is 24.0 Å². The van der Waals surface area contributed by atoms with Crippen molar-refractivity contribution in [3.8, 4) is 11.8 Å². The summed E-state index contributed by atoms with van der Waals surface area (Å²) >= 11 is 6.74. The van der Waals surface area contributed by atoms with Crippen molar-refractivity contribution in [1.82, 2.24) is 9.47 Å². The maximum absolute atomic E-state index is 13.5. The van der Waals surface area contributed by atoms with Crippen LogP contribution in [0.15, 0.2) is 34.0 Å². The normalized spacial score (nSPS) is 17.1. The van der Waals surface area contributed by atoms with E-state index in [9.17, 15) is 19.6 Å². The highest BCUT2D eigenvalue weighted by Crippen LogP contribution is 2.37. The molecule has 4 rings (SSSR count). The van der Waals surface area contributed by atoms with Gasteiger partial charge >= 0.3 is 5.97 Å². The number of thiocarbonyl (C=S) groups is 1. The largest absolute Gasteiger partial charge is 0.497 e. The first-order valence-electron chi connectivity index (χ1n) is 12.6. The van der Waals surface area contributed by atoms with E-state index in [4.69, 9.17) is 21.7 Å². The number of nitrogens with zero attached hydrogens (tertiary/aromatic N) is 4. The summed E-state index contributed by atoms with van der Waals surface area (Å²) in [5, 5.41) is 9.74. The monoisotopic (exact) mass is 566 g/mol. The van der Waals surface area contributed by atoms with Crippen molar-refractivity contribution in [2.24, 2.45) is 13.0 Å². The van der Waals surface area contributed by atoms with Crippen molar-refractivity contribution < 1.29 is 19.1 Å². The molecule has 0 aliphatic carbocycles. The van der Waals surface area contributed by atoms with Gasteiger partial charge in [-0.1, -0.05) is 36.1 Å². The van der Waals surface area contributed by atoms with E-state index >= 15 is 0 Å². The minimum absolute atomic E-state index is 0.0302. The van der Waals surface area contributed by atoms with Gasteiger partial charge in [0.25, 0.3) is 11.5 Å². The smallest absolute Gasteiger partial charge is 0.309 e. The van der Waals surface area contributed by atoms with E-state index in [0.717, 1.165) is 11.3 Å². The summed E-state index contributed by atoms with van der Waals surface area (Å²) in [6.45, 7) is 5.22. The maximum Gasteiger partial charge on any atom is 0.309 e. The van der Waals surface area contributed by atoms with Gasteiger partial charge in [-0.3, -0.25) is 23.9 Å². The number of esters is 1. The van der Waals surface area contributed by atoms with Crippen LogP contribution in [0.4, 0.5) is 5.82 Å². The molecule has 9 nitrogen and oxygen atoms in total. The number of aromatic nitrogens is 1. The van der Waals surface area contributed by atoms with Crippen LogP contribution in [0.2, 0.25) is 0 Å². The summed E-state index contributed by atoms with van der Waals surface area (Å²) in [6, 6.07) is 9.46.